The van der Waals surface area contributed by atoms with Crippen molar-refractivity contribution < 1.29 is 43.0 Å². The van der Waals surface area contributed by atoms with Gasteiger partial charge in [-0.3, -0.25) is 13.8 Å². The standard InChI is InChI=1S/C45H83O9P/c1-3-5-7-9-11-13-15-17-18-19-20-21-22-23-24-25-27-29-31-33-35-37-45(48)54-44(42-53-55(49,50)52-40-43(47)39-46)41-51-38-36-34-32-30-28-26-16-14-12-10-8-6-4-2/h12,14-15,17,19-20,22-23,43-44,46-47H,3-11,13,16,18,21,24-42H2,1-2H3,(H,49,50)/b14-12-,17-15-,20-19-,23-22-. The van der Waals surface area contributed by atoms with Gasteiger partial charge in [-0.1, -0.05) is 152 Å². The van der Waals surface area contributed by atoms with E-state index in [4.69, 9.17) is 23.6 Å². The fourth-order valence-electron chi connectivity index (χ4n) is 5.83. The summed E-state index contributed by atoms with van der Waals surface area (Å²) in [4.78, 5) is 22.6. The SMILES string of the molecule is CCCCC/C=C\CCCCCCCCOCC(COP(=O)(O)OCC(O)CO)OC(=O)CCCCCCCC/C=C\C/C=C\C/C=C\CCCCCCC. The zero-order valence-corrected chi connectivity index (χ0v) is 36.0. The van der Waals surface area contributed by atoms with Gasteiger partial charge in [0, 0.05) is 13.0 Å². The Labute approximate surface area is 337 Å². The number of carbonyl (C=O) groups is 1. The lowest BCUT2D eigenvalue weighted by atomic mass is 10.1. The lowest BCUT2D eigenvalue weighted by Crippen LogP contribution is -2.29. The molecular weight excluding hydrogens is 715 g/mol. The number of hydrogen-bond acceptors (Lipinski definition) is 8. The number of phosphoric acid groups is 1. The molecule has 0 aromatic carbocycles. The Morgan fingerprint density at radius 3 is 1.53 bits per heavy atom. The van der Waals surface area contributed by atoms with Crippen LogP contribution in [0.15, 0.2) is 48.6 Å². The first-order chi connectivity index (χ1) is 26.8. The summed E-state index contributed by atoms with van der Waals surface area (Å²) >= 11 is 0. The highest BCUT2D eigenvalue weighted by atomic mass is 31.2. The highest BCUT2D eigenvalue weighted by Crippen LogP contribution is 2.43. The summed E-state index contributed by atoms with van der Waals surface area (Å²) in [7, 11) is -4.52. The molecule has 3 unspecified atom stereocenters. The summed E-state index contributed by atoms with van der Waals surface area (Å²) in [5, 5.41) is 18.3. The van der Waals surface area contributed by atoms with Crippen LogP contribution >= 0.6 is 7.82 Å². The third kappa shape index (κ3) is 41.9. The van der Waals surface area contributed by atoms with E-state index in [9.17, 15) is 19.4 Å². The fourth-order valence-corrected chi connectivity index (χ4v) is 6.62. The van der Waals surface area contributed by atoms with Gasteiger partial charge in [0.2, 0.25) is 0 Å². The molecule has 322 valence electrons. The topological polar surface area (TPSA) is 132 Å². The van der Waals surface area contributed by atoms with Crippen LogP contribution in [0.3, 0.4) is 0 Å². The Morgan fingerprint density at radius 2 is 0.982 bits per heavy atom. The van der Waals surface area contributed by atoms with E-state index in [1.54, 1.807) is 0 Å². The van der Waals surface area contributed by atoms with Crippen molar-refractivity contribution in [2.75, 3.05) is 33.0 Å². The molecule has 0 rings (SSSR count). The van der Waals surface area contributed by atoms with Crippen LogP contribution in [0.25, 0.3) is 0 Å². The highest BCUT2D eigenvalue weighted by molar-refractivity contribution is 7.47. The number of phosphoric ester groups is 1. The molecule has 0 aliphatic rings. The number of aliphatic hydroxyl groups is 2. The van der Waals surface area contributed by atoms with E-state index < -0.39 is 39.2 Å². The molecule has 3 atom stereocenters. The molecule has 55 heavy (non-hydrogen) atoms. The van der Waals surface area contributed by atoms with Crippen LogP contribution in [-0.4, -0.2) is 66.3 Å². The molecule has 0 saturated carbocycles. The van der Waals surface area contributed by atoms with Crippen LogP contribution < -0.4 is 0 Å². The van der Waals surface area contributed by atoms with Crippen molar-refractivity contribution in [3.63, 3.8) is 0 Å². The summed E-state index contributed by atoms with van der Waals surface area (Å²) in [5.74, 6) is -0.398. The fraction of sp³-hybridized carbons (Fsp3) is 0.800. The molecule has 0 aromatic rings. The van der Waals surface area contributed by atoms with Crippen LogP contribution in [0.4, 0.5) is 0 Å². The number of rotatable bonds is 42. The van der Waals surface area contributed by atoms with Gasteiger partial charge in [0.15, 0.2) is 0 Å². The smallest absolute Gasteiger partial charge is 0.457 e. The zero-order chi connectivity index (χ0) is 40.3. The molecular formula is C45H83O9P. The molecule has 0 amide bonds. The van der Waals surface area contributed by atoms with Gasteiger partial charge in [-0.25, -0.2) is 4.57 Å². The van der Waals surface area contributed by atoms with Crippen molar-refractivity contribution in [3.05, 3.63) is 48.6 Å². The first-order valence-corrected chi connectivity index (χ1v) is 23.6. The van der Waals surface area contributed by atoms with Gasteiger partial charge in [0.25, 0.3) is 0 Å². The number of ether oxygens (including phenoxy) is 2. The minimum absolute atomic E-state index is 0.0387. The van der Waals surface area contributed by atoms with Crippen LogP contribution in [0, 0.1) is 0 Å². The lowest BCUT2D eigenvalue weighted by molar-refractivity contribution is -0.154. The molecule has 0 spiro atoms. The monoisotopic (exact) mass is 799 g/mol. The number of hydrogen-bond donors (Lipinski definition) is 3. The quantitative estimate of drug-likeness (QED) is 0.0239. The van der Waals surface area contributed by atoms with E-state index in [1.165, 1.54) is 96.3 Å². The maximum absolute atomic E-state index is 12.6. The zero-order valence-electron chi connectivity index (χ0n) is 35.1. The third-order valence-corrected chi connectivity index (χ3v) is 10.2. The predicted molar refractivity (Wildman–Crippen MR) is 228 cm³/mol. The molecule has 0 aliphatic heterocycles. The van der Waals surface area contributed by atoms with Gasteiger partial charge in [0.05, 0.1) is 26.4 Å². The van der Waals surface area contributed by atoms with Gasteiger partial charge in [-0.05, 0) is 77.0 Å². The van der Waals surface area contributed by atoms with Crippen LogP contribution in [0.5, 0.6) is 0 Å². The minimum Gasteiger partial charge on any atom is -0.457 e. The summed E-state index contributed by atoms with van der Waals surface area (Å²) in [6.07, 6.45) is 46.4. The van der Waals surface area contributed by atoms with E-state index in [0.717, 1.165) is 64.2 Å². The summed E-state index contributed by atoms with van der Waals surface area (Å²) in [6, 6.07) is 0. The first-order valence-electron chi connectivity index (χ1n) is 22.1. The Morgan fingerprint density at radius 1 is 0.564 bits per heavy atom. The maximum atomic E-state index is 12.6. The Hall–Kier alpha value is -1.58. The molecule has 0 radical (unpaired) electrons. The van der Waals surface area contributed by atoms with Crippen molar-refractivity contribution in [2.45, 2.75) is 199 Å². The molecule has 0 heterocycles. The summed E-state index contributed by atoms with van der Waals surface area (Å²) < 4.78 is 33.3. The average Bonchev–Trinajstić information content (AvgIpc) is 3.18. The molecule has 9 nitrogen and oxygen atoms in total. The number of allylic oxidation sites excluding steroid dienone is 8. The second kappa shape index (κ2) is 42.0. The molecule has 0 fully saturated rings. The van der Waals surface area contributed by atoms with Gasteiger partial charge >= 0.3 is 13.8 Å². The van der Waals surface area contributed by atoms with Crippen molar-refractivity contribution in [1.29, 1.82) is 0 Å². The second-order valence-electron chi connectivity index (χ2n) is 14.7. The van der Waals surface area contributed by atoms with Gasteiger partial charge in [-0.15, -0.1) is 0 Å². The van der Waals surface area contributed by atoms with Crippen molar-refractivity contribution in [1.82, 2.24) is 0 Å². The summed E-state index contributed by atoms with van der Waals surface area (Å²) in [5.41, 5.74) is 0. The van der Waals surface area contributed by atoms with Crippen molar-refractivity contribution in [2.24, 2.45) is 0 Å². The maximum Gasteiger partial charge on any atom is 0.472 e. The normalized spacial score (nSPS) is 14.5. The first kappa shape index (κ1) is 53.4. The third-order valence-electron chi connectivity index (χ3n) is 9.24. The van der Waals surface area contributed by atoms with Crippen LogP contribution in [-0.2, 0) is 27.9 Å². The molecule has 3 N–H and O–H groups in total. The predicted octanol–water partition coefficient (Wildman–Crippen LogP) is 12.2. The van der Waals surface area contributed by atoms with Gasteiger partial charge in [0.1, 0.15) is 12.2 Å². The second-order valence-corrected chi connectivity index (χ2v) is 16.2. The minimum atomic E-state index is -4.52. The highest BCUT2D eigenvalue weighted by Gasteiger charge is 2.26. The van der Waals surface area contributed by atoms with E-state index in [-0.39, 0.29) is 19.6 Å². The van der Waals surface area contributed by atoms with E-state index in [2.05, 4.69) is 62.5 Å². The van der Waals surface area contributed by atoms with E-state index in [1.807, 2.05) is 0 Å². The molecule has 0 aliphatic carbocycles. The molecule has 0 aromatic heterocycles. The van der Waals surface area contributed by atoms with Crippen LogP contribution in [0.1, 0.15) is 187 Å². The Bertz CT molecular complexity index is 997. The lowest BCUT2D eigenvalue weighted by Gasteiger charge is -2.20. The van der Waals surface area contributed by atoms with Gasteiger partial charge in [-0.2, -0.15) is 0 Å². The Kier molecular flexibility index (Phi) is 40.8. The molecule has 0 bridgehead atoms. The molecule has 0 saturated heterocycles. The van der Waals surface area contributed by atoms with E-state index >= 15 is 0 Å². The number of aliphatic hydroxyl groups excluding tert-OH is 2. The number of esters is 1. The Balaban J connectivity index is 4.18. The average molecular weight is 799 g/mol. The molecule has 10 heteroatoms. The van der Waals surface area contributed by atoms with Crippen molar-refractivity contribution >= 4 is 13.8 Å². The number of unbranched alkanes of at least 4 members (excludes halogenated alkanes) is 20. The van der Waals surface area contributed by atoms with Gasteiger partial charge < -0.3 is 24.6 Å². The number of carbonyl (C=O) groups excluding carboxylic acids is 1. The largest absolute Gasteiger partial charge is 0.472 e. The van der Waals surface area contributed by atoms with Crippen molar-refractivity contribution in [3.8, 4) is 0 Å². The van der Waals surface area contributed by atoms with E-state index in [0.29, 0.717) is 13.0 Å². The van der Waals surface area contributed by atoms with Crippen LogP contribution in [0.2, 0.25) is 0 Å². The summed E-state index contributed by atoms with van der Waals surface area (Å²) in [6.45, 7) is 3.45.